The Morgan fingerprint density at radius 2 is 2.08 bits per heavy atom. The normalized spacial score (nSPS) is 20.7. The Hall–Kier alpha value is -3.38. The van der Waals surface area contributed by atoms with Crippen LogP contribution in [-0.4, -0.2) is 73.0 Å². The van der Waals surface area contributed by atoms with Gasteiger partial charge in [0.15, 0.2) is 5.82 Å². The molecule has 5 rings (SSSR count). The number of likely N-dealkylation sites (tertiary alicyclic amines) is 1. The van der Waals surface area contributed by atoms with Gasteiger partial charge in [-0.3, -0.25) is 24.0 Å². The largest absolute Gasteiger partial charge is 0.472 e. The number of amides is 2. The smallest absolute Gasteiger partial charge is 0.289 e. The second-order valence-corrected chi connectivity index (χ2v) is 10.7. The maximum absolute atomic E-state index is 13.1. The van der Waals surface area contributed by atoms with Crippen molar-refractivity contribution in [2.24, 2.45) is 12.8 Å². The van der Waals surface area contributed by atoms with Crippen LogP contribution in [0.3, 0.4) is 0 Å². The summed E-state index contributed by atoms with van der Waals surface area (Å²) < 4.78 is 8.89. The van der Waals surface area contributed by atoms with E-state index in [4.69, 9.17) is 15.5 Å². The molecule has 1 aliphatic carbocycles. The van der Waals surface area contributed by atoms with Crippen molar-refractivity contribution in [1.82, 2.24) is 30.0 Å². The number of carbonyl (C=O) groups excluding carboxylic acids is 3. The highest BCUT2D eigenvalue weighted by molar-refractivity contribution is 7.17. The Balaban J connectivity index is 1.41. The van der Waals surface area contributed by atoms with Crippen molar-refractivity contribution in [3.05, 3.63) is 23.2 Å². The molecule has 0 aromatic carbocycles. The fourth-order valence-electron chi connectivity index (χ4n) is 4.90. The molecule has 2 fully saturated rings. The summed E-state index contributed by atoms with van der Waals surface area (Å²) in [5.74, 6) is -0.773. The number of aryl methyl sites for hydroxylation is 2. The highest BCUT2D eigenvalue weighted by atomic mass is 32.1. The molecule has 3 atom stereocenters. The standard InChI is InChI=1S/C25H31N7O4S/c1-4-5-17(20(33)24(35)27-14-6-7-14)32-12-15(11-18(32)22(26)34)36-25-21-16(8-9-37-21)28-23(29-25)19-10-13(2)30-31(19)3/h8-10,14-15,17-18H,4-7,11-12H2,1-3H3,(H2,26,34)(H,27,35)/t15?,17-,18?/m0/s1. The van der Waals surface area contributed by atoms with E-state index in [1.807, 2.05) is 38.4 Å². The molecule has 3 N–H and O–H groups in total. The third-order valence-corrected chi connectivity index (χ3v) is 7.70. The van der Waals surface area contributed by atoms with Crippen molar-refractivity contribution in [3.63, 3.8) is 0 Å². The van der Waals surface area contributed by atoms with Crippen LogP contribution in [0.15, 0.2) is 17.5 Å². The van der Waals surface area contributed by atoms with Gasteiger partial charge in [0.1, 0.15) is 16.5 Å². The summed E-state index contributed by atoms with van der Waals surface area (Å²) >= 11 is 1.47. The lowest BCUT2D eigenvalue weighted by atomic mass is 10.0. The summed E-state index contributed by atoms with van der Waals surface area (Å²) in [4.78, 5) is 49.3. The van der Waals surface area contributed by atoms with E-state index in [2.05, 4.69) is 15.4 Å². The number of Topliss-reactive ketones (excluding diaryl/α,β-unsaturated/α-hetero) is 1. The summed E-state index contributed by atoms with van der Waals surface area (Å²) in [6.45, 7) is 4.12. The summed E-state index contributed by atoms with van der Waals surface area (Å²) in [5, 5.41) is 9.09. The zero-order valence-corrected chi connectivity index (χ0v) is 22.0. The number of primary amides is 1. The maximum Gasteiger partial charge on any atom is 0.289 e. The van der Waals surface area contributed by atoms with Crippen molar-refractivity contribution < 1.29 is 19.1 Å². The van der Waals surface area contributed by atoms with Gasteiger partial charge in [0.2, 0.25) is 17.6 Å². The highest BCUT2D eigenvalue weighted by Gasteiger charge is 2.44. The maximum atomic E-state index is 13.1. The van der Waals surface area contributed by atoms with Gasteiger partial charge in [0.25, 0.3) is 5.91 Å². The van der Waals surface area contributed by atoms with Gasteiger partial charge in [-0.05, 0) is 43.7 Å². The summed E-state index contributed by atoms with van der Waals surface area (Å²) in [5.41, 5.74) is 8.11. The van der Waals surface area contributed by atoms with Crippen molar-refractivity contribution in [3.8, 4) is 17.4 Å². The first-order valence-corrected chi connectivity index (χ1v) is 13.5. The molecule has 4 heterocycles. The molecule has 12 heteroatoms. The van der Waals surface area contributed by atoms with Crippen molar-refractivity contribution in [1.29, 1.82) is 0 Å². The third-order valence-electron chi connectivity index (χ3n) is 6.81. The predicted octanol–water partition coefficient (Wildman–Crippen LogP) is 1.72. The van der Waals surface area contributed by atoms with Gasteiger partial charge >= 0.3 is 0 Å². The molecule has 11 nitrogen and oxygen atoms in total. The molecule has 3 aromatic rings. The number of fused-ring (bicyclic) bond motifs is 1. The van der Waals surface area contributed by atoms with Crippen LogP contribution in [0.1, 0.15) is 44.7 Å². The Morgan fingerprint density at radius 1 is 1.30 bits per heavy atom. The average Bonchev–Trinajstić information content (AvgIpc) is 3.23. The lowest BCUT2D eigenvalue weighted by Gasteiger charge is -2.29. The number of ketones is 1. The minimum absolute atomic E-state index is 0.0729. The molecular weight excluding hydrogens is 494 g/mol. The molecule has 3 aromatic heterocycles. The van der Waals surface area contributed by atoms with E-state index in [1.54, 1.807) is 9.58 Å². The van der Waals surface area contributed by atoms with Gasteiger partial charge in [0, 0.05) is 26.1 Å². The molecular formula is C25H31N7O4S. The zero-order chi connectivity index (χ0) is 26.3. The number of hydrogen-bond donors (Lipinski definition) is 2. The van der Waals surface area contributed by atoms with Crippen LogP contribution < -0.4 is 15.8 Å². The molecule has 0 bridgehead atoms. The minimum Gasteiger partial charge on any atom is -0.472 e. The first-order valence-electron chi connectivity index (χ1n) is 12.6. The van der Waals surface area contributed by atoms with E-state index >= 15 is 0 Å². The molecule has 1 saturated carbocycles. The topological polar surface area (TPSA) is 145 Å². The molecule has 1 saturated heterocycles. The van der Waals surface area contributed by atoms with Crippen molar-refractivity contribution >= 4 is 39.2 Å². The van der Waals surface area contributed by atoms with Gasteiger partial charge in [0.05, 0.1) is 23.3 Å². The Morgan fingerprint density at radius 3 is 2.73 bits per heavy atom. The number of nitrogens with one attached hydrogen (secondary N) is 1. The lowest BCUT2D eigenvalue weighted by molar-refractivity contribution is -0.142. The van der Waals surface area contributed by atoms with Crippen LogP contribution in [0, 0.1) is 6.92 Å². The Bertz CT molecular complexity index is 1350. The summed E-state index contributed by atoms with van der Waals surface area (Å²) in [7, 11) is 1.83. The van der Waals surface area contributed by atoms with Gasteiger partial charge in [-0.2, -0.15) is 10.1 Å². The molecule has 196 valence electrons. The molecule has 2 amide bonds. The second kappa shape index (κ2) is 10.2. The molecule has 0 radical (unpaired) electrons. The number of nitrogens with two attached hydrogens (primary N) is 1. The minimum atomic E-state index is -0.741. The Kier molecular flexibility index (Phi) is 6.95. The van der Waals surface area contributed by atoms with E-state index in [0.29, 0.717) is 31.0 Å². The quantitative estimate of drug-likeness (QED) is 0.381. The summed E-state index contributed by atoms with van der Waals surface area (Å²) in [6.07, 6.45) is 2.74. The Labute approximate surface area is 218 Å². The van der Waals surface area contributed by atoms with Crippen molar-refractivity contribution in [2.45, 2.75) is 70.2 Å². The van der Waals surface area contributed by atoms with Gasteiger partial charge in [-0.15, -0.1) is 11.3 Å². The number of rotatable bonds is 10. The van der Waals surface area contributed by atoms with Crippen LogP contribution in [0.5, 0.6) is 5.88 Å². The molecule has 0 spiro atoms. The number of ether oxygens (including phenoxy) is 1. The molecule has 1 aliphatic heterocycles. The molecule has 2 unspecified atom stereocenters. The lowest BCUT2D eigenvalue weighted by Crippen LogP contribution is -2.53. The number of nitrogens with zero attached hydrogens (tertiary/aromatic N) is 5. The molecule has 37 heavy (non-hydrogen) atoms. The average molecular weight is 526 g/mol. The van der Waals surface area contributed by atoms with E-state index < -0.39 is 35.8 Å². The van der Waals surface area contributed by atoms with Gasteiger partial charge < -0.3 is 15.8 Å². The van der Waals surface area contributed by atoms with E-state index in [1.165, 1.54) is 11.3 Å². The first kappa shape index (κ1) is 25.3. The zero-order valence-electron chi connectivity index (χ0n) is 21.1. The molecule has 2 aliphatic rings. The van der Waals surface area contributed by atoms with Gasteiger partial charge in [-0.1, -0.05) is 13.3 Å². The van der Waals surface area contributed by atoms with Crippen LogP contribution in [0.4, 0.5) is 0 Å². The highest BCUT2D eigenvalue weighted by Crippen LogP contribution is 2.34. The monoisotopic (exact) mass is 525 g/mol. The SMILES string of the molecule is CCC[C@@H](C(=O)C(=O)NC1CC1)N1CC(Oc2nc(-c3cc(C)nn3C)nc3ccsc23)CC1C(N)=O. The number of carbonyl (C=O) groups is 3. The van der Waals surface area contributed by atoms with E-state index in [-0.39, 0.29) is 12.6 Å². The number of thiophene rings is 1. The third kappa shape index (κ3) is 5.21. The van der Waals surface area contributed by atoms with Gasteiger partial charge in [-0.25, -0.2) is 4.98 Å². The first-order chi connectivity index (χ1) is 17.7. The summed E-state index contributed by atoms with van der Waals surface area (Å²) in [6, 6.07) is 2.42. The van der Waals surface area contributed by atoms with Crippen LogP contribution in [-0.2, 0) is 21.4 Å². The number of aromatic nitrogens is 4. The van der Waals surface area contributed by atoms with Crippen molar-refractivity contribution in [2.75, 3.05) is 6.54 Å². The fraction of sp³-hybridized carbons (Fsp3) is 0.520. The predicted molar refractivity (Wildman–Crippen MR) is 138 cm³/mol. The van der Waals surface area contributed by atoms with Crippen LogP contribution in [0.25, 0.3) is 21.7 Å². The van der Waals surface area contributed by atoms with E-state index in [9.17, 15) is 14.4 Å². The second-order valence-electron chi connectivity index (χ2n) is 9.79. The van der Waals surface area contributed by atoms with Crippen LogP contribution >= 0.6 is 11.3 Å². The fourth-order valence-corrected chi connectivity index (χ4v) is 5.66. The number of hydrogen-bond acceptors (Lipinski definition) is 9. The van der Waals surface area contributed by atoms with E-state index in [0.717, 1.165) is 34.4 Å². The van der Waals surface area contributed by atoms with Crippen LogP contribution in [0.2, 0.25) is 0 Å².